The molecule has 0 spiro atoms. The van der Waals surface area contributed by atoms with E-state index in [2.05, 4.69) is 35.0 Å². The molecule has 2 aromatic heterocycles. The lowest BCUT2D eigenvalue weighted by Crippen LogP contribution is -2.40. The number of anilines is 1. The maximum absolute atomic E-state index is 13.7. The molecule has 0 bridgehead atoms. The van der Waals surface area contributed by atoms with Crippen LogP contribution in [0.2, 0.25) is 0 Å². The number of hydrogen-bond acceptors (Lipinski definition) is 7. The van der Waals surface area contributed by atoms with Gasteiger partial charge in [0.25, 0.3) is 5.91 Å². The number of aromatic nitrogens is 2. The normalized spacial score (nSPS) is 15.7. The molecule has 37 heavy (non-hydrogen) atoms. The third-order valence-corrected chi connectivity index (χ3v) is 7.59. The fraction of sp³-hybridized carbons (Fsp3) is 0.345. The summed E-state index contributed by atoms with van der Waals surface area (Å²) in [6.07, 6.45) is 1.32. The number of β-amino-alcohol motifs (C(OH)–C–C–N with tert-alkyl or cyclic N) is 1. The van der Waals surface area contributed by atoms with E-state index in [-0.39, 0.29) is 12.0 Å². The highest BCUT2D eigenvalue weighted by Gasteiger charge is 2.25. The fourth-order valence-corrected chi connectivity index (χ4v) is 5.48. The van der Waals surface area contributed by atoms with Gasteiger partial charge in [-0.1, -0.05) is 30.3 Å². The number of thiazole rings is 1. The number of carbonyl (C=O) groups excluding carboxylic acids is 1. The predicted octanol–water partition coefficient (Wildman–Crippen LogP) is 5.12. The van der Waals surface area contributed by atoms with Crippen LogP contribution < -0.4 is 9.64 Å². The van der Waals surface area contributed by atoms with Gasteiger partial charge in [0, 0.05) is 36.0 Å². The van der Waals surface area contributed by atoms with Gasteiger partial charge in [-0.3, -0.25) is 4.79 Å². The van der Waals surface area contributed by atoms with E-state index < -0.39 is 0 Å². The van der Waals surface area contributed by atoms with E-state index >= 15 is 0 Å². The van der Waals surface area contributed by atoms with Crippen molar-refractivity contribution in [1.29, 1.82) is 0 Å². The summed E-state index contributed by atoms with van der Waals surface area (Å²) in [6, 6.07) is 16.1. The van der Waals surface area contributed by atoms with Crippen molar-refractivity contribution < 1.29 is 14.6 Å². The molecule has 0 unspecified atom stereocenters. The Hall–Kier alpha value is -3.49. The average molecular weight is 517 g/mol. The highest BCUT2D eigenvalue weighted by atomic mass is 32.1. The number of hydrogen-bond donors (Lipinski definition) is 1. The first-order valence-electron chi connectivity index (χ1n) is 12.6. The van der Waals surface area contributed by atoms with Gasteiger partial charge in [0.05, 0.1) is 30.3 Å². The third kappa shape index (κ3) is 5.60. The SMILES string of the molecule is COc1ccc(CN(Cc2cc3cccc(C)c3nc2N2CCC[C@@H](O)C2)C(=O)c2csc(C)n2)cc1. The van der Waals surface area contributed by atoms with Crippen LogP contribution in [0.25, 0.3) is 10.9 Å². The number of nitrogens with zero attached hydrogens (tertiary/aromatic N) is 4. The molecular weight excluding hydrogens is 484 g/mol. The molecule has 1 amide bonds. The highest BCUT2D eigenvalue weighted by molar-refractivity contribution is 7.09. The van der Waals surface area contributed by atoms with E-state index in [0.717, 1.165) is 63.6 Å². The number of methoxy groups -OCH3 is 1. The van der Waals surface area contributed by atoms with Crippen molar-refractivity contribution in [3.8, 4) is 5.75 Å². The quantitative estimate of drug-likeness (QED) is 0.367. The van der Waals surface area contributed by atoms with Gasteiger partial charge in [0.15, 0.2) is 0 Å². The maximum Gasteiger partial charge on any atom is 0.273 e. The molecule has 0 aliphatic carbocycles. The van der Waals surface area contributed by atoms with Crippen LogP contribution in [0.5, 0.6) is 5.75 Å². The van der Waals surface area contributed by atoms with Crippen molar-refractivity contribution in [3.63, 3.8) is 0 Å². The molecule has 1 fully saturated rings. The molecule has 192 valence electrons. The van der Waals surface area contributed by atoms with Gasteiger partial charge in [-0.05, 0) is 56.0 Å². The van der Waals surface area contributed by atoms with Crippen LogP contribution >= 0.6 is 11.3 Å². The number of fused-ring (bicyclic) bond motifs is 1. The number of pyridine rings is 1. The van der Waals surface area contributed by atoms with E-state index in [1.165, 1.54) is 11.3 Å². The summed E-state index contributed by atoms with van der Waals surface area (Å²) in [5.41, 5.74) is 4.47. The number of rotatable bonds is 7. The molecule has 8 heteroatoms. The lowest BCUT2D eigenvalue weighted by Gasteiger charge is -2.33. The summed E-state index contributed by atoms with van der Waals surface area (Å²) in [4.78, 5) is 27.3. The summed E-state index contributed by atoms with van der Waals surface area (Å²) in [5, 5.41) is 14.1. The minimum absolute atomic E-state index is 0.117. The first kappa shape index (κ1) is 25.2. The maximum atomic E-state index is 13.7. The molecular formula is C29H32N4O3S. The smallest absolute Gasteiger partial charge is 0.273 e. The van der Waals surface area contributed by atoms with Gasteiger partial charge < -0.3 is 19.6 Å². The molecule has 7 nitrogen and oxygen atoms in total. The first-order chi connectivity index (χ1) is 17.9. The Kier molecular flexibility index (Phi) is 7.39. The lowest BCUT2D eigenvalue weighted by atomic mass is 10.0. The Labute approximate surface area is 221 Å². The Morgan fingerprint density at radius 3 is 2.68 bits per heavy atom. The topological polar surface area (TPSA) is 78.8 Å². The first-order valence-corrected chi connectivity index (χ1v) is 13.5. The van der Waals surface area contributed by atoms with Gasteiger partial charge in [-0.15, -0.1) is 11.3 Å². The van der Waals surface area contributed by atoms with E-state index in [4.69, 9.17) is 9.72 Å². The van der Waals surface area contributed by atoms with Crippen LogP contribution in [0, 0.1) is 13.8 Å². The summed E-state index contributed by atoms with van der Waals surface area (Å²) >= 11 is 1.47. The van der Waals surface area contributed by atoms with Crippen LogP contribution in [0.15, 0.2) is 53.9 Å². The van der Waals surface area contributed by atoms with Crippen LogP contribution in [-0.4, -0.2) is 52.2 Å². The number of aliphatic hydroxyl groups excluding tert-OH is 1. The second kappa shape index (κ2) is 10.9. The van der Waals surface area contributed by atoms with Crippen molar-refractivity contribution in [2.24, 2.45) is 0 Å². The fourth-order valence-electron chi connectivity index (χ4n) is 4.90. The molecule has 1 N–H and O–H groups in total. The molecule has 1 atom stereocenters. The summed E-state index contributed by atoms with van der Waals surface area (Å²) < 4.78 is 5.31. The molecule has 1 aliphatic heterocycles. The number of amides is 1. The van der Waals surface area contributed by atoms with Crippen LogP contribution in [0.3, 0.4) is 0 Å². The molecule has 1 aliphatic rings. The van der Waals surface area contributed by atoms with Crippen molar-refractivity contribution in [3.05, 3.63) is 81.3 Å². The van der Waals surface area contributed by atoms with Crippen LogP contribution in [0.4, 0.5) is 5.82 Å². The van der Waals surface area contributed by atoms with Gasteiger partial charge in [-0.2, -0.15) is 0 Å². The second-order valence-electron chi connectivity index (χ2n) is 9.62. The molecule has 1 saturated heterocycles. The van der Waals surface area contributed by atoms with Gasteiger partial charge >= 0.3 is 0 Å². The van der Waals surface area contributed by atoms with E-state index in [9.17, 15) is 9.90 Å². The minimum atomic E-state index is -0.383. The zero-order valence-corrected chi connectivity index (χ0v) is 22.3. The molecule has 5 rings (SSSR count). The monoisotopic (exact) mass is 516 g/mol. The second-order valence-corrected chi connectivity index (χ2v) is 10.7. The van der Waals surface area contributed by atoms with E-state index in [0.29, 0.717) is 25.3 Å². The number of aliphatic hydroxyl groups is 1. The molecule has 0 saturated carbocycles. The van der Waals surface area contributed by atoms with Crippen LogP contribution in [0.1, 0.15) is 45.0 Å². The van der Waals surface area contributed by atoms with Crippen molar-refractivity contribution in [2.75, 3.05) is 25.1 Å². The molecule has 4 aromatic rings. The number of aryl methyl sites for hydroxylation is 2. The predicted molar refractivity (Wildman–Crippen MR) is 147 cm³/mol. The van der Waals surface area contributed by atoms with E-state index in [1.54, 1.807) is 7.11 Å². The van der Waals surface area contributed by atoms with Gasteiger partial charge in [-0.25, -0.2) is 9.97 Å². The Balaban J connectivity index is 1.56. The molecule has 3 heterocycles. The third-order valence-electron chi connectivity index (χ3n) is 6.82. The van der Waals surface area contributed by atoms with E-state index in [1.807, 2.05) is 47.5 Å². The number of piperidine rings is 1. The van der Waals surface area contributed by atoms with Crippen LogP contribution in [-0.2, 0) is 13.1 Å². The largest absolute Gasteiger partial charge is 0.497 e. The zero-order valence-electron chi connectivity index (χ0n) is 21.5. The minimum Gasteiger partial charge on any atom is -0.497 e. The summed E-state index contributed by atoms with van der Waals surface area (Å²) in [7, 11) is 1.64. The Morgan fingerprint density at radius 1 is 1.16 bits per heavy atom. The standard InChI is InChI=1S/C29H32N4O3S/c1-19-6-4-7-22-14-23(28(31-27(19)22)32-13-5-8-24(34)17-32)16-33(29(35)26-18-37-20(2)30-26)15-21-9-11-25(36-3)12-10-21/h4,6-7,9-12,14,18,24,34H,5,8,13,15-17H2,1-3H3/t24-/m1/s1. The Bertz CT molecular complexity index is 1400. The van der Waals surface area contributed by atoms with Crippen molar-refractivity contribution in [1.82, 2.24) is 14.9 Å². The number of ether oxygens (including phenoxy) is 1. The summed E-state index contributed by atoms with van der Waals surface area (Å²) in [6.45, 7) is 6.13. The lowest BCUT2D eigenvalue weighted by molar-refractivity contribution is 0.0724. The van der Waals surface area contributed by atoms with Crippen molar-refractivity contribution >= 4 is 34.0 Å². The summed E-state index contributed by atoms with van der Waals surface area (Å²) in [5.74, 6) is 1.49. The molecule has 2 aromatic carbocycles. The highest BCUT2D eigenvalue weighted by Crippen LogP contribution is 2.30. The average Bonchev–Trinajstić information content (AvgIpc) is 3.34. The van der Waals surface area contributed by atoms with Gasteiger partial charge in [0.1, 0.15) is 17.3 Å². The van der Waals surface area contributed by atoms with Crippen molar-refractivity contribution in [2.45, 2.75) is 45.9 Å². The van der Waals surface area contributed by atoms with Gasteiger partial charge in [0.2, 0.25) is 0 Å². The number of benzene rings is 2. The number of para-hydroxylation sites is 1. The Morgan fingerprint density at radius 2 is 1.97 bits per heavy atom. The number of carbonyl (C=O) groups is 1. The molecule has 0 radical (unpaired) electrons. The zero-order chi connectivity index (χ0) is 25.9.